The molecule has 3 atom stereocenters. The number of carbonyl (C=O) groups excluding carboxylic acids is 3. The van der Waals surface area contributed by atoms with Gasteiger partial charge in [0.2, 0.25) is 0 Å². The van der Waals surface area contributed by atoms with Crippen LogP contribution in [0, 0.1) is 11.8 Å². The number of carbonyl (C=O) groups is 3. The summed E-state index contributed by atoms with van der Waals surface area (Å²) in [6, 6.07) is 0. The minimum absolute atomic E-state index is 0.0272. The zero-order chi connectivity index (χ0) is 21.6. The van der Waals surface area contributed by atoms with Crippen LogP contribution < -0.4 is 0 Å². The molecule has 0 aromatic carbocycles. The van der Waals surface area contributed by atoms with E-state index in [0.717, 1.165) is 63.2 Å². The summed E-state index contributed by atoms with van der Waals surface area (Å²) in [7, 11) is 0. The molecule has 0 radical (unpaired) electrons. The predicted octanol–water partition coefficient (Wildman–Crippen LogP) is 4.62. The van der Waals surface area contributed by atoms with Crippen molar-refractivity contribution in [2.24, 2.45) is 11.8 Å². The summed E-state index contributed by atoms with van der Waals surface area (Å²) in [5.74, 6) is 2.04. The molecule has 0 unspecified atom stereocenters. The maximum atomic E-state index is 12.0. The van der Waals surface area contributed by atoms with E-state index >= 15 is 0 Å². The van der Waals surface area contributed by atoms with Crippen LogP contribution in [0.1, 0.15) is 70.6 Å². The van der Waals surface area contributed by atoms with E-state index in [-0.39, 0.29) is 40.9 Å². The van der Waals surface area contributed by atoms with Gasteiger partial charge in [0.15, 0.2) is 0 Å². The summed E-state index contributed by atoms with van der Waals surface area (Å²) in [5.41, 5.74) is 0. The lowest BCUT2D eigenvalue weighted by atomic mass is 9.91. The van der Waals surface area contributed by atoms with Crippen LogP contribution in [0.2, 0.25) is 0 Å². The third kappa shape index (κ3) is 9.37. The van der Waals surface area contributed by atoms with Crippen molar-refractivity contribution in [3.8, 4) is 0 Å². The van der Waals surface area contributed by atoms with E-state index in [1.807, 2.05) is 0 Å². The van der Waals surface area contributed by atoms with Crippen molar-refractivity contribution in [3.05, 3.63) is 0 Å². The minimum Gasteiger partial charge on any atom is -0.379 e. The Hall–Kier alpha value is -0.430. The van der Waals surface area contributed by atoms with E-state index in [0.29, 0.717) is 32.7 Å². The minimum atomic E-state index is -0.0461. The van der Waals surface area contributed by atoms with Crippen molar-refractivity contribution < 1.29 is 23.9 Å². The smallest absolute Gasteiger partial charge is 0.145 e. The van der Waals surface area contributed by atoms with E-state index in [2.05, 4.69) is 0 Å². The first-order chi connectivity index (χ1) is 14.6. The molecule has 30 heavy (non-hydrogen) atoms. The van der Waals surface area contributed by atoms with Crippen LogP contribution in [-0.4, -0.2) is 60.7 Å². The fraction of sp³-hybridized carbons (Fsp3) is 0.870. The first-order valence-corrected chi connectivity index (χ1v) is 13.1. The molecule has 7 heteroatoms. The number of Topliss-reactive ketones (excluding diaryl/α,β-unsaturated/α-hetero) is 3. The van der Waals surface area contributed by atoms with Crippen molar-refractivity contribution in [2.45, 2.75) is 75.9 Å². The third-order valence-electron chi connectivity index (χ3n) is 5.94. The van der Waals surface area contributed by atoms with Gasteiger partial charge in [-0.15, -0.1) is 11.6 Å². The molecule has 0 aromatic heterocycles. The van der Waals surface area contributed by atoms with Crippen molar-refractivity contribution >= 4 is 40.7 Å². The van der Waals surface area contributed by atoms with E-state index in [1.54, 1.807) is 11.8 Å². The monoisotopic (exact) mass is 460 g/mol. The molecule has 0 spiro atoms. The van der Waals surface area contributed by atoms with E-state index in [1.165, 1.54) is 6.42 Å². The largest absolute Gasteiger partial charge is 0.379 e. The van der Waals surface area contributed by atoms with Gasteiger partial charge in [-0.2, -0.15) is 11.8 Å². The predicted molar refractivity (Wildman–Crippen MR) is 121 cm³/mol. The maximum absolute atomic E-state index is 12.0. The van der Waals surface area contributed by atoms with Gasteiger partial charge in [0.1, 0.15) is 17.3 Å². The lowest BCUT2D eigenvalue weighted by Gasteiger charge is -2.15. The van der Waals surface area contributed by atoms with Gasteiger partial charge in [0.05, 0.1) is 19.6 Å². The number of ether oxygens (including phenoxy) is 2. The SMILES string of the molecule is O=C(CCCC[C@@H]1SC[C@@H]2C(=O)CC(=O)[C@H]12)CCCOCCOCCCCCCCl. The molecule has 5 nitrogen and oxygen atoms in total. The summed E-state index contributed by atoms with van der Waals surface area (Å²) in [4.78, 5) is 35.8. The van der Waals surface area contributed by atoms with E-state index < -0.39 is 0 Å². The highest BCUT2D eigenvalue weighted by Gasteiger charge is 2.49. The molecule has 1 aliphatic heterocycles. The fourth-order valence-corrected chi connectivity index (χ4v) is 6.16. The summed E-state index contributed by atoms with van der Waals surface area (Å²) in [6.45, 7) is 2.56. The van der Waals surface area contributed by atoms with E-state index in [9.17, 15) is 14.4 Å². The lowest BCUT2D eigenvalue weighted by molar-refractivity contribution is -0.123. The molecule has 1 saturated carbocycles. The molecule has 0 N–H and O–H groups in total. The first kappa shape index (κ1) is 25.8. The van der Waals surface area contributed by atoms with Gasteiger partial charge in [-0.05, 0) is 32.1 Å². The van der Waals surface area contributed by atoms with Crippen molar-refractivity contribution in [3.63, 3.8) is 0 Å². The number of halogens is 1. The molecule has 2 aliphatic rings. The molecule has 0 amide bonds. The van der Waals surface area contributed by atoms with Crippen LogP contribution in [0.3, 0.4) is 0 Å². The Bertz CT molecular complexity index is 542. The Morgan fingerprint density at radius 3 is 2.33 bits per heavy atom. The molecule has 172 valence electrons. The van der Waals surface area contributed by atoms with Crippen LogP contribution in [0.4, 0.5) is 0 Å². The Balaban J connectivity index is 1.36. The van der Waals surface area contributed by atoms with Gasteiger partial charge in [-0.3, -0.25) is 14.4 Å². The van der Waals surface area contributed by atoms with Crippen molar-refractivity contribution in [1.82, 2.24) is 0 Å². The normalized spacial score (nSPS) is 23.3. The van der Waals surface area contributed by atoms with Crippen LogP contribution >= 0.6 is 23.4 Å². The maximum Gasteiger partial charge on any atom is 0.145 e. The Labute approximate surface area is 190 Å². The molecule has 1 saturated heterocycles. The summed E-state index contributed by atoms with van der Waals surface area (Å²) in [6.07, 6.45) is 9.31. The second kappa shape index (κ2) is 15.4. The van der Waals surface area contributed by atoms with Gasteiger partial charge >= 0.3 is 0 Å². The highest BCUT2D eigenvalue weighted by molar-refractivity contribution is 8.00. The molecular weight excluding hydrogens is 424 g/mol. The third-order valence-corrected chi connectivity index (χ3v) is 7.72. The summed E-state index contributed by atoms with van der Waals surface area (Å²) >= 11 is 7.41. The zero-order valence-corrected chi connectivity index (χ0v) is 19.7. The number of hydrogen-bond donors (Lipinski definition) is 0. The summed E-state index contributed by atoms with van der Waals surface area (Å²) < 4.78 is 11.0. The highest BCUT2D eigenvalue weighted by Crippen LogP contribution is 2.45. The standard InChI is InChI=1S/C23H37ClO5S/c24-11-5-1-2-6-12-28-14-15-29-13-7-9-18(25)8-3-4-10-22-23-19(17-30-22)20(26)16-21(23)27/h19,22-23H,1-17H2/t19-,22+,23-/m1/s1. The Kier molecular flexibility index (Phi) is 13.2. The molecule has 2 rings (SSSR count). The second-order valence-electron chi connectivity index (χ2n) is 8.33. The van der Waals surface area contributed by atoms with E-state index in [4.69, 9.17) is 21.1 Å². The van der Waals surface area contributed by atoms with Crippen LogP contribution in [0.5, 0.6) is 0 Å². The van der Waals surface area contributed by atoms with Crippen molar-refractivity contribution in [2.75, 3.05) is 38.1 Å². The number of hydrogen-bond acceptors (Lipinski definition) is 6. The number of thioether (sulfide) groups is 1. The van der Waals surface area contributed by atoms with Gasteiger partial charge < -0.3 is 9.47 Å². The zero-order valence-electron chi connectivity index (χ0n) is 18.1. The Morgan fingerprint density at radius 2 is 1.57 bits per heavy atom. The van der Waals surface area contributed by atoms with Gasteiger partial charge in [-0.25, -0.2) is 0 Å². The lowest BCUT2D eigenvalue weighted by Crippen LogP contribution is -2.22. The van der Waals surface area contributed by atoms with Gasteiger partial charge in [0, 0.05) is 54.8 Å². The molecular formula is C23H37ClO5S. The van der Waals surface area contributed by atoms with Crippen LogP contribution in [-0.2, 0) is 23.9 Å². The molecule has 0 aromatic rings. The summed E-state index contributed by atoms with van der Waals surface area (Å²) in [5, 5.41) is 0.283. The van der Waals surface area contributed by atoms with Crippen LogP contribution in [0.25, 0.3) is 0 Å². The topological polar surface area (TPSA) is 69.7 Å². The van der Waals surface area contributed by atoms with Gasteiger partial charge in [0.25, 0.3) is 0 Å². The average molecular weight is 461 g/mol. The van der Waals surface area contributed by atoms with Crippen LogP contribution in [0.15, 0.2) is 0 Å². The molecule has 1 aliphatic carbocycles. The highest BCUT2D eigenvalue weighted by atomic mass is 35.5. The number of alkyl halides is 1. The number of rotatable bonds is 18. The first-order valence-electron chi connectivity index (χ1n) is 11.5. The Morgan fingerprint density at radius 1 is 0.867 bits per heavy atom. The second-order valence-corrected chi connectivity index (χ2v) is 9.98. The number of fused-ring (bicyclic) bond motifs is 1. The number of unbranched alkanes of at least 4 members (excludes halogenated alkanes) is 4. The molecule has 0 bridgehead atoms. The quantitative estimate of drug-likeness (QED) is 0.169. The molecule has 1 heterocycles. The van der Waals surface area contributed by atoms with Gasteiger partial charge in [-0.1, -0.05) is 19.3 Å². The van der Waals surface area contributed by atoms with Crippen molar-refractivity contribution in [1.29, 1.82) is 0 Å². The molecule has 2 fully saturated rings. The fourth-order valence-electron chi connectivity index (χ4n) is 4.24. The average Bonchev–Trinajstić information content (AvgIpc) is 3.27. The number of ketones is 3.